The number of carbonyl (C=O) groups excluding carboxylic acids is 1. The van der Waals surface area contributed by atoms with Crippen molar-refractivity contribution in [2.45, 2.75) is 6.42 Å². The summed E-state index contributed by atoms with van der Waals surface area (Å²) in [6, 6.07) is 0. The van der Waals surface area contributed by atoms with E-state index in [1.54, 1.807) is 0 Å². The van der Waals surface area contributed by atoms with E-state index >= 15 is 0 Å². The van der Waals surface area contributed by atoms with E-state index in [2.05, 4.69) is 11.2 Å². The minimum atomic E-state index is -0.162. The monoisotopic (exact) mass is 126 g/mol. The van der Waals surface area contributed by atoms with E-state index in [1.807, 2.05) is 0 Å². The molecule has 1 amide bonds. The van der Waals surface area contributed by atoms with Crippen LogP contribution in [0.5, 0.6) is 0 Å². The van der Waals surface area contributed by atoms with Gasteiger partial charge < -0.3 is 11.1 Å². The zero-order valence-electron chi connectivity index (χ0n) is 5.18. The fourth-order valence-corrected chi connectivity index (χ4v) is 0.346. The van der Waals surface area contributed by atoms with E-state index in [9.17, 15) is 4.79 Å². The fraction of sp³-hybridized carbons (Fsp3) is 0.500. The highest BCUT2D eigenvalue weighted by atomic mass is 16.1. The van der Waals surface area contributed by atoms with Crippen molar-refractivity contribution >= 4 is 5.91 Å². The van der Waals surface area contributed by atoms with Crippen molar-refractivity contribution in [3.8, 4) is 12.3 Å². The summed E-state index contributed by atoms with van der Waals surface area (Å²) in [6.45, 7) is 0.553. The van der Waals surface area contributed by atoms with Crippen molar-refractivity contribution in [3.05, 3.63) is 0 Å². The molecule has 0 saturated carbocycles. The Morgan fingerprint density at radius 2 is 2.44 bits per heavy atom. The SMILES string of the molecule is C#CCCNC(=O)CN. The molecule has 3 nitrogen and oxygen atoms in total. The molecule has 0 fully saturated rings. The largest absolute Gasteiger partial charge is 0.354 e. The van der Waals surface area contributed by atoms with Gasteiger partial charge in [-0.2, -0.15) is 0 Å². The second-order valence-electron chi connectivity index (χ2n) is 1.51. The lowest BCUT2D eigenvalue weighted by molar-refractivity contribution is -0.119. The Kier molecular flexibility index (Phi) is 4.56. The predicted molar refractivity (Wildman–Crippen MR) is 35.5 cm³/mol. The molecule has 0 aliphatic rings. The maximum Gasteiger partial charge on any atom is 0.233 e. The fourth-order valence-electron chi connectivity index (χ4n) is 0.346. The number of rotatable bonds is 3. The first-order valence-electron chi connectivity index (χ1n) is 2.71. The standard InChI is InChI=1S/C6H10N2O/c1-2-3-4-8-6(9)5-7/h1H,3-5,7H2,(H,8,9). The molecule has 0 spiro atoms. The molecule has 50 valence electrons. The predicted octanol–water partition coefficient (Wildman–Crippen LogP) is -0.915. The van der Waals surface area contributed by atoms with Crippen molar-refractivity contribution in [3.63, 3.8) is 0 Å². The van der Waals surface area contributed by atoms with Crippen LogP contribution in [0.2, 0.25) is 0 Å². The Bertz CT molecular complexity index is 126. The van der Waals surface area contributed by atoms with Crippen LogP contribution in [0.3, 0.4) is 0 Å². The molecule has 3 heteroatoms. The van der Waals surface area contributed by atoms with Crippen LogP contribution in [0, 0.1) is 12.3 Å². The Morgan fingerprint density at radius 3 is 2.89 bits per heavy atom. The van der Waals surface area contributed by atoms with Crippen LogP contribution in [-0.4, -0.2) is 19.0 Å². The number of carbonyl (C=O) groups is 1. The van der Waals surface area contributed by atoms with Gasteiger partial charge in [-0.25, -0.2) is 0 Å². The summed E-state index contributed by atoms with van der Waals surface area (Å²) in [5, 5.41) is 2.53. The molecule has 0 atom stereocenters. The summed E-state index contributed by atoms with van der Waals surface area (Å²) in [5.41, 5.74) is 4.99. The van der Waals surface area contributed by atoms with E-state index in [1.165, 1.54) is 0 Å². The molecule has 0 aromatic heterocycles. The number of amides is 1. The van der Waals surface area contributed by atoms with Gasteiger partial charge in [0.2, 0.25) is 5.91 Å². The van der Waals surface area contributed by atoms with Gasteiger partial charge in [0, 0.05) is 13.0 Å². The van der Waals surface area contributed by atoms with Gasteiger partial charge in [0.25, 0.3) is 0 Å². The molecule has 3 N–H and O–H groups in total. The van der Waals surface area contributed by atoms with Crippen molar-refractivity contribution in [2.75, 3.05) is 13.1 Å². The number of hydrogen-bond acceptors (Lipinski definition) is 2. The molecule has 0 heterocycles. The molecule has 0 unspecified atom stereocenters. The maximum atomic E-state index is 10.4. The van der Waals surface area contributed by atoms with Crippen molar-refractivity contribution in [2.24, 2.45) is 5.73 Å². The number of hydrogen-bond donors (Lipinski definition) is 2. The Labute approximate surface area is 54.6 Å². The van der Waals surface area contributed by atoms with Crippen LogP contribution in [0.25, 0.3) is 0 Å². The van der Waals surface area contributed by atoms with Gasteiger partial charge in [-0.1, -0.05) is 0 Å². The van der Waals surface area contributed by atoms with Gasteiger partial charge in [-0.05, 0) is 0 Å². The van der Waals surface area contributed by atoms with E-state index < -0.39 is 0 Å². The highest BCUT2D eigenvalue weighted by Gasteiger charge is 1.91. The number of nitrogens with one attached hydrogen (secondary N) is 1. The highest BCUT2D eigenvalue weighted by Crippen LogP contribution is 1.68. The van der Waals surface area contributed by atoms with Crippen LogP contribution in [0.1, 0.15) is 6.42 Å². The quantitative estimate of drug-likeness (QED) is 0.380. The Hall–Kier alpha value is -1.01. The Morgan fingerprint density at radius 1 is 1.78 bits per heavy atom. The van der Waals surface area contributed by atoms with Crippen LogP contribution in [0.15, 0.2) is 0 Å². The highest BCUT2D eigenvalue weighted by molar-refractivity contribution is 5.77. The molecular formula is C6H10N2O. The normalized spacial score (nSPS) is 8.00. The van der Waals surface area contributed by atoms with E-state index in [-0.39, 0.29) is 12.5 Å². The zero-order chi connectivity index (χ0) is 7.11. The van der Waals surface area contributed by atoms with Crippen LogP contribution < -0.4 is 11.1 Å². The number of terminal acetylenes is 1. The molecule has 0 radical (unpaired) electrons. The van der Waals surface area contributed by atoms with Crippen molar-refractivity contribution < 1.29 is 4.79 Å². The van der Waals surface area contributed by atoms with Gasteiger partial charge in [-0.3, -0.25) is 4.79 Å². The first-order valence-corrected chi connectivity index (χ1v) is 2.71. The molecule has 0 aromatic carbocycles. The molecular weight excluding hydrogens is 116 g/mol. The molecule has 0 aliphatic carbocycles. The van der Waals surface area contributed by atoms with Crippen LogP contribution in [-0.2, 0) is 4.79 Å². The third kappa shape index (κ3) is 4.85. The van der Waals surface area contributed by atoms with Crippen molar-refractivity contribution in [1.82, 2.24) is 5.32 Å². The van der Waals surface area contributed by atoms with Gasteiger partial charge >= 0.3 is 0 Å². The van der Waals surface area contributed by atoms with E-state index in [4.69, 9.17) is 12.2 Å². The van der Waals surface area contributed by atoms with E-state index in [0.717, 1.165) is 0 Å². The summed E-state index contributed by atoms with van der Waals surface area (Å²) in [6.07, 6.45) is 5.48. The summed E-state index contributed by atoms with van der Waals surface area (Å²) in [5.74, 6) is 2.23. The summed E-state index contributed by atoms with van der Waals surface area (Å²) in [4.78, 5) is 10.4. The van der Waals surface area contributed by atoms with Gasteiger partial charge in [0.05, 0.1) is 6.54 Å². The second-order valence-corrected chi connectivity index (χ2v) is 1.51. The third-order valence-corrected chi connectivity index (χ3v) is 0.777. The molecule has 9 heavy (non-hydrogen) atoms. The third-order valence-electron chi connectivity index (χ3n) is 0.777. The minimum Gasteiger partial charge on any atom is -0.354 e. The zero-order valence-corrected chi connectivity index (χ0v) is 5.18. The lowest BCUT2D eigenvalue weighted by Crippen LogP contribution is -2.30. The topological polar surface area (TPSA) is 55.1 Å². The van der Waals surface area contributed by atoms with Gasteiger partial charge in [0.15, 0.2) is 0 Å². The first kappa shape index (κ1) is 7.99. The molecule has 0 saturated heterocycles. The minimum absolute atomic E-state index is 0.0323. The van der Waals surface area contributed by atoms with Gasteiger partial charge in [-0.15, -0.1) is 12.3 Å². The summed E-state index contributed by atoms with van der Waals surface area (Å²) >= 11 is 0. The summed E-state index contributed by atoms with van der Waals surface area (Å²) in [7, 11) is 0. The first-order chi connectivity index (χ1) is 4.31. The Balaban J connectivity index is 3.09. The van der Waals surface area contributed by atoms with Crippen molar-refractivity contribution in [1.29, 1.82) is 0 Å². The molecule has 0 bridgehead atoms. The maximum absolute atomic E-state index is 10.4. The lowest BCUT2D eigenvalue weighted by Gasteiger charge is -1.97. The van der Waals surface area contributed by atoms with Gasteiger partial charge in [0.1, 0.15) is 0 Å². The average molecular weight is 126 g/mol. The average Bonchev–Trinajstić information content (AvgIpc) is 1.89. The van der Waals surface area contributed by atoms with Crippen LogP contribution >= 0.6 is 0 Å². The molecule has 0 aliphatic heterocycles. The van der Waals surface area contributed by atoms with E-state index in [0.29, 0.717) is 13.0 Å². The molecule has 0 rings (SSSR count). The smallest absolute Gasteiger partial charge is 0.233 e. The van der Waals surface area contributed by atoms with Crippen LogP contribution in [0.4, 0.5) is 0 Å². The summed E-state index contributed by atoms with van der Waals surface area (Å²) < 4.78 is 0. The second kappa shape index (κ2) is 5.13. The molecule has 0 aromatic rings. The number of nitrogens with two attached hydrogens (primary N) is 1. The lowest BCUT2D eigenvalue weighted by atomic mass is 10.4.